The molecule has 1 N–H and O–H groups in total. The largest absolute Gasteiger partial charge is 0.340 e. The minimum atomic E-state index is -0.171. The summed E-state index contributed by atoms with van der Waals surface area (Å²) in [6.45, 7) is 7.88. The normalized spacial score (nSPS) is 16.5. The van der Waals surface area contributed by atoms with Crippen molar-refractivity contribution in [2.24, 2.45) is 0 Å². The van der Waals surface area contributed by atoms with Crippen molar-refractivity contribution in [1.82, 2.24) is 20.0 Å². The molecule has 1 unspecified atom stereocenters. The second-order valence-electron chi connectivity index (χ2n) is 6.21. The lowest BCUT2D eigenvalue weighted by Crippen LogP contribution is -2.56. The molecule has 24 heavy (non-hydrogen) atoms. The molecule has 1 aliphatic heterocycles. The third-order valence-corrected chi connectivity index (χ3v) is 4.47. The summed E-state index contributed by atoms with van der Waals surface area (Å²) < 4.78 is 0. The minimum Gasteiger partial charge on any atom is -0.340 e. The number of hydrogen-bond acceptors (Lipinski definition) is 3. The molecule has 3 amide bonds. The first kappa shape index (κ1) is 18.3. The van der Waals surface area contributed by atoms with Gasteiger partial charge in [-0.1, -0.05) is 30.3 Å². The summed E-state index contributed by atoms with van der Waals surface area (Å²) in [6.07, 6.45) is 0. The fourth-order valence-corrected chi connectivity index (χ4v) is 2.99. The van der Waals surface area contributed by atoms with Crippen molar-refractivity contribution >= 4 is 11.9 Å². The number of nitrogens with zero attached hydrogens (tertiary/aromatic N) is 3. The molecule has 6 nitrogen and oxygen atoms in total. The predicted molar refractivity (Wildman–Crippen MR) is 94.6 cm³/mol. The van der Waals surface area contributed by atoms with Gasteiger partial charge >= 0.3 is 6.03 Å². The second-order valence-corrected chi connectivity index (χ2v) is 6.21. The van der Waals surface area contributed by atoms with Crippen LogP contribution in [0.3, 0.4) is 0 Å². The Labute approximate surface area is 144 Å². The molecule has 1 saturated heterocycles. The van der Waals surface area contributed by atoms with E-state index in [1.807, 2.05) is 56.1 Å². The van der Waals surface area contributed by atoms with E-state index < -0.39 is 0 Å². The first-order valence-corrected chi connectivity index (χ1v) is 8.58. The molecule has 0 radical (unpaired) electrons. The summed E-state index contributed by atoms with van der Waals surface area (Å²) in [5.41, 5.74) is 1.13. The van der Waals surface area contributed by atoms with E-state index in [1.54, 1.807) is 4.90 Å². The van der Waals surface area contributed by atoms with Gasteiger partial charge in [-0.25, -0.2) is 4.79 Å². The van der Waals surface area contributed by atoms with Crippen LogP contribution in [0.25, 0.3) is 0 Å². The summed E-state index contributed by atoms with van der Waals surface area (Å²) in [4.78, 5) is 30.2. The highest BCUT2D eigenvalue weighted by Crippen LogP contribution is 2.11. The molecule has 1 fully saturated rings. The maximum Gasteiger partial charge on any atom is 0.317 e. The van der Waals surface area contributed by atoms with Crippen LogP contribution in [0.1, 0.15) is 19.4 Å². The lowest BCUT2D eigenvalue weighted by atomic mass is 10.1. The number of carbonyl (C=O) groups is 2. The second kappa shape index (κ2) is 8.68. The number of urea groups is 1. The van der Waals surface area contributed by atoms with E-state index >= 15 is 0 Å². The molecule has 1 aromatic carbocycles. The van der Waals surface area contributed by atoms with Crippen LogP contribution in [0.5, 0.6) is 0 Å². The van der Waals surface area contributed by atoms with Crippen LogP contribution in [0.15, 0.2) is 30.3 Å². The van der Waals surface area contributed by atoms with Crippen molar-refractivity contribution in [3.05, 3.63) is 35.9 Å². The summed E-state index contributed by atoms with van der Waals surface area (Å²) in [5.74, 6) is 0.116. The van der Waals surface area contributed by atoms with E-state index in [1.165, 1.54) is 0 Å². The highest BCUT2D eigenvalue weighted by atomic mass is 16.2. The van der Waals surface area contributed by atoms with Crippen LogP contribution in [-0.2, 0) is 11.3 Å². The Balaban J connectivity index is 1.84. The number of rotatable bonds is 5. The average molecular weight is 332 g/mol. The van der Waals surface area contributed by atoms with Gasteiger partial charge in [0.2, 0.25) is 5.91 Å². The summed E-state index contributed by atoms with van der Waals surface area (Å²) in [5, 5.41) is 2.82. The molecule has 0 bridgehead atoms. The first-order valence-electron chi connectivity index (χ1n) is 8.58. The fourth-order valence-electron chi connectivity index (χ4n) is 2.99. The molecular weight excluding hydrogens is 304 g/mol. The number of carbonyl (C=O) groups excluding carboxylic acids is 2. The Morgan fingerprint density at radius 1 is 1.17 bits per heavy atom. The van der Waals surface area contributed by atoms with Gasteiger partial charge in [0, 0.05) is 46.3 Å². The number of amides is 3. The van der Waals surface area contributed by atoms with Gasteiger partial charge in [-0.15, -0.1) is 0 Å². The summed E-state index contributed by atoms with van der Waals surface area (Å²) in [6, 6.07) is 9.81. The van der Waals surface area contributed by atoms with Gasteiger partial charge in [0.25, 0.3) is 0 Å². The van der Waals surface area contributed by atoms with E-state index in [0.717, 1.165) is 18.7 Å². The Morgan fingerprint density at radius 2 is 1.79 bits per heavy atom. The molecule has 1 heterocycles. The number of likely N-dealkylation sites (N-methyl/N-ethyl adjacent to an activating group) is 1. The molecule has 0 aromatic heterocycles. The monoisotopic (exact) mass is 332 g/mol. The van der Waals surface area contributed by atoms with Gasteiger partial charge in [0.05, 0.1) is 6.04 Å². The van der Waals surface area contributed by atoms with Crippen molar-refractivity contribution in [2.45, 2.75) is 26.4 Å². The van der Waals surface area contributed by atoms with Gasteiger partial charge < -0.3 is 15.1 Å². The zero-order valence-corrected chi connectivity index (χ0v) is 14.9. The zero-order chi connectivity index (χ0) is 17.5. The van der Waals surface area contributed by atoms with Crippen LogP contribution >= 0.6 is 0 Å². The molecular formula is C18H28N4O2. The fraction of sp³-hybridized carbons (Fsp3) is 0.556. The molecule has 1 aromatic rings. The van der Waals surface area contributed by atoms with Crippen molar-refractivity contribution in [3.8, 4) is 0 Å². The third kappa shape index (κ3) is 4.71. The quantitative estimate of drug-likeness (QED) is 0.886. The Morgan fingerprint density at radius 3 is 2.38 bits per heavy atom. The van der Waals surface area contributed by atoms with E-state index in [9.17, 15) is 9.59 Å². The van der Waals surface area contributed by atoms with Gasteiger partial charge in [-0.3, -0.25) is 9.69 Å². The highest BCUT2D eigenvalue weighted by Gasteiger charge is 2.28. The van der Waals surface area contributed by atoms with Crippen molar-refractivity contribution < 1.29 is 9.59 Å². The maximum absolute atomic E-state index is 12.7. The standard InChI is InChI=1S/C18H28N4O2/c1-4-19-18(24)22-12-10-21(11-13-22)15(2)17(23)20(3)14-16-8-6-5-7-9-16/h5-9,15H,4,10-14H2,1-3H3,(H,19,24). The van der Waals surface area contributed by atoms with Crippen LogP contribution in [-0.4, -0.2) is 72.5 Å². The molecule has 132 valence electrons. The van der Waals surface area contributed by atoms with Crippen LogP contribution in [0, 0.1) is 0 Å². The number of hydrogen-bond donors (Lipinski definition) is 1. The van der Waals surface area contributed by atoms with E-state index in [2.05, 4.69) is 10.2 Å². The molecule has 0 spiro atoms. The topological polar surface area (TPSA) is 55.9 Å². The SMILES string of the molecule is CCNC(=O)N1CCN(C(C)C(=O)N(C)Cc2ccccc2)CC1. The molecule has 1 aliphatic rings. The van der Waals surface area contributed by atoms with Crippen LogP contribution in [0.2, 0.25) is 0 Å². The minimum absolute atomic E-state index is 0.0164. The summed E-state index contributed by atoms with van der Waals surface area (Å²) >= 11 is 0. The molecule has 0 saturated carbocycles. The first-order chi connectivity index (χ1) is 11.5. The Hall–Kier alpha value is -2.08. The molecule has 1 atom stereocenters. The van der Waals surface area contributed by atoms with Crippen LogP contribution < -0.4 is 5.32 Å². The smallest absolute Gasteiger partial charge is 0.317 e. The van der Waals surface area contributed by atoms with Gasteiger partial charge in [-0.05, 0) is 19.4 Å². The van der Waals surface area contributed by atoms with E-state index in [4.69, 9.17) is 0 Å². The lowest BCUT2D eigenvalue weighted by molar-refractivity contribution is -0.136. The van der Waals surface area contributed by atoms with E-state index in [-0.39, 0.29) is 18.0 Å². The highest BCUT2D eigenvalue weighted by molar-refractivity contribution is 5.81. The van der Waals surface area contributed by atoms with Gasteiger partial charge in [0.15, 0.2) is 0 Å². The molecule has 6 heteroatoms. The average Bonchev–Trinajstić information content (AvgIpc) is 2.61. The number of piperazine rings is 1. The lowest BCUT2D eigenvalue weighted by Gasteiger charge is -2.38. The van der Waals surface area contributed by atoms with E-state index in [0.29, 0.717) is 26.2 Å². The summed E-state index contributed by atoms with van der Waals surface area (Å²) in [7, 11) is 1.84. The van der Waals surface area contributed by atoms with Crippen molar-refractivity contribution in [3.63, 3.8) is 0 Å². The zero-order valence-electron chi connectivity index (χ0n) is 14.9. The molecule has 2 rings (SSSR count). The Kier molecular flexibility index (Phi) is 6.61. The maximum atomic E-state index is 12.7. The Bertz CT molecular complexity index is 541. The van der Waals surface area contributed by atoms with Crippen molar-refractivity contribution in [2.75, 3.05) is 39.8 Å². The van der Waals surface area contributed by atoms with Gasteiger partial charge in [0.1, 0.15) is 0 Å². The number of nitrogens with one attached hydrogen (secondary N) is 1. The molecule has 0 aliphatic carbocycles. The van der Waals surface area contributed by atoms with Crippen molar-refractivity contribution in [1.29, 1.82) is 0 Å². The third-order valence-electron chi connectivity index (χ3n) is 4.47. The predicted octanol–water partition coefficient (Wildman–Crippen LogP) is 1.38. The number of benzene rings is 1. The van der Waals surface area contributed by atoms with Gasteiger partial charge in [-0.2, -0.15) is 0 Å². The van der Waals surface area contributed by atoms with Crippen LogP contribution in [0.4, 0.5) is 4.79 Å².